The summed E-state index contributed by atoms with van der Waals surface area (Å²) in [5, 5.41) is 14.5. The SMILES string of the molecule is O=C(c1ncn(C[C@H](O)c2ccccc2)n1)N1CCN(c2ccc(F)cc2)CC1. The van der Waals surface area contributed by atoms with Crippen LogP contribution in [0.3, 0.4) is 0 Å². The summed E-state index contributed by atoms with van der Waals surface area (Å²) in [5.74, 6) is -0.362. The van der Waals surface area contributed by atoms with Crippen LogP contribution < -0.4 is 4.90 Å². The number of anilines is 1. The molecule has 0 saturated carbocycles. The zero-order chi connectivity index (χ0) is 20.2. The summed E-state index contributed by atoms with van der Waals surface area (Å²) < 4.78 is 14.6. The molecule has 2 aromatic carbocycles. The van der Waals surface area contributed by atoms with E-state index in [4.69, 9.17) is 0 Å². The number of aliphatic hydroxyl groups excluding tert-OH is 1. The molecule has 1 aromatic heterocycles. The van der Waals surface area contributed by atoms with Crippen molar-refractivity contribution in [1.29, 1.82) is 0 Å². The minimum atomic E-state index is -0.722. The summed E-state index contributed by atoms with van der Waals surface area (Å²) in [7, 11) is 0. The van der Waals surface area contributed by atoms with E-state index in [1.807, 2.05) is 30.3 Å². The third-order valence-corrected chi connectivity index (χ3v) is 5.03. The van der Waals surface area contributed by atoms with Gasteiger partial charge in [-0.1, -0.05) is 30.3 Å². The van der Waals surface area contributed by atoms with E-state index in [1.54, 1.807) is 17.0 Å². The lowest BCUT2D eigenvalue weighted by Gasteiger charge is -2.35. The molecule has 1 aliphatic rings. The van der Waals surface area contributed by atoms with Gasteiger partial charge in [0.25, 0.3) is 5.91 Å². The molecule has 4 rings (SSSR count). The number of hydrogen-bond donors (Lipinski definition) is 1. The lowest BCUT2D eigenvalue weighted by molar-refractivity contribution is 0.0733. The van der Waals surface area contributed by atoms with Gasteiger partial charge in [0.05, 0.1) is 12.6 Å². The Balaban J connectivity index is 1.34. The van der Waals surface area contributed by atoms with Crippen molar-refractivity contribution >= 4 is 11.6 Å². The molecule has 0 unspecified atom stereocenters. The molecule has 1 saturated heterocycles. The average molecular weight is 395 g/mol. The Kier molecular flexibility index (Phi) is 5.53. The van der Waals surface area contributed by atoms with Crippen LogP contribution >= 0.6 is 0 Å². The van der Waals surface area contributed by atoms with Crippen molar-refractivity contribution in [2.45, 2.75) is 12.6 Å². The van der Waals surface area contributed by atoms with Crippen LogP contribution in [0.2, 0.25) is 0 Å². The number of amides is 1. The quantitative estimate of drug-likeness (QED) is 0.716. The molecule has 150 valence electrons. The number of benzene rings is 2. The van der Waals surface area contributed by atoms with Gasteiger partial charge in [-0.15, -0.1) is 5.10 Å². The first-order chi connectivity index (χ1) is 14.1. The highest BCUT2D eigenvalue weighted by molar-refractivity contribution is 5.90. The molecule has 8 heteroatoms. The van der Waals surface area contributed by atoms with Crippen LogP contribution in [0.1, 0.15) is 22.3 Å². The van der Waals surface area contributed by atoms with E-state index in [2.05, 4.69) is 15.0 Å². The molecule has 3 aromatic rings. The van der Waals surface area contributed by atoms with Gasteiger partial charge in [-0.05, 0) is 29.8 Å². The smallest absolute Gasteiger partial charge is 0.293 e. The standard InChI is InChI=1S/C21H22FN5O2/c22-17-6-8-18(9-7-17)25-10-12-26(13-11-25)21(29)20-23-15-27(24-20)14-19(28)16-4-2-1-3-5-16/h1-9,15,19,28H,10-14H2/t19-/m0/s1. The molecule has 7 nitrogen and oxygen atoms in total. The summed E-state index contributed by atoms with van der Waals surface area (Å²) in [6.45, 7) is 2.62. The summed E-state index contributed by atoms with van der Waals surface area (Å²) in [6.07, 6.45) is 0.744. The van der Waals surface area contributed by atoms with E-state index in [1.165, 1.54) is 23.1 Å². The second-order valence-corrected chi connectivity index (χ2v) is 6.97. The van der Waals surface area contributed by atoms with E-state index in [9.17, 15) is 14.3 Å². The lowest BCUT2D eigenvalue weighted by Crippen LogP contribution is -2.49. The predicted octanol–water partition coefficient (Wildman–Crippen LogP) is 2.11. The van der Waals surface area contributed by atoms with Crippen molar-refractivity contribution in [3.8, 4) is 0 Å². The van der Waals surface area contributed by atoms with Crippen LogP contribution in [0, 0.1) is 5.82 Å². The first kappa shape index (κ1) is 19.1. The molecule has 1 aliphatic heterocycles. The van der Waals surface area contributed by atoms with Gasteiger partial charge < -0.3 is 14.9 Å². The number of carbonyl (C=O) groups excluding carboxylic acids is 1. The maximum atomic E-state index is 13.1. The fraction of sp³-hybridized carbons (Fsp3) is 0.286. The van der Waals surface area contributed by atoms with Gasteiger partial charge in [0.15, 0.2) is 0 Å². The van der Waals surface area contributed by atoms with Crippen molar-refractivity contribution in [3.05, 3.63) is 78.1 Å². The Hall–Kier alpha value is -3.26. The molecule has 0 spiro atoms. The zero-order valence-electron chi connectivity index (χ0n) is 15.9. The molecule has 0 radical (unpaired) electrons. The van der Waals surface area contributed by atoms with Crippen LogP contribution in [0.15, 0.2) is 60.9 Å². The Morgan fingerprint density at radius 1 is 1.03 bits per heavy atom. The van der Waals surface area contributed by atoms with Gasteiger partial charge in [-0.2, -0.15) is 0 Å². The van der Waals surface area contributed by atoms with Crippen molar-refractivity contribution in [2.24, 2.45) is 0 Å². The van der Waals surface area contributed by atoms with Crippen molar-refractivity contribution in [2.75, 3.05) is 31.1 Å². The molecule has 29 heavy (non-hydrogen) atoms. The minimum Gasteiger partial charge on any atom is -0.386 e. The number of carbonyl (C=O) groups is 1. The van der Waals surface area contributed by atoms with Crippen molar-refractivity contribution in [1.82, 2.24) is 19.7 Å². The maximum absolute atomic E-state index is 13.1. The van der Waals surface area contributed by atoms with Crippen LogP contribution in [0.5, 0.6) is 0 Å². The number of rotatable bonds is 5. The third kappa shape index (κ3) is 4.43. The van der Waals surface area contributed by atoms with Gasteiger partial charge in [0, 0.05) is 31.9 Å². The Morgan fingerprint density at radius 2 is 1.72 bits per heavy atom. The molecule has 0 bridgehead atoms. The van der Waals surface area contributed by atoms with Crippen LogP contribution in [-0.2, 0) is 6.54 Å². The van der Waals surface area contributed by atoms with E-state index in [0.29, 0.717) is 26.2 Å². The molecular formula is C21H22FN5O2. The second-order valence-electron chi connectivity index (χ2n) is 6.97. The molecule has 1 N–H and O–H groups in total. The number of piperazine rings is 1. The third-order valence-electron chi connectivity index (χ3n) is 5.03. The number of aromatic nitrogens is 3. The molecule has 0 aliphatic carbocycles. The van der Waals surface area contributed by atoms with Gasteiger partial charge in [-0.3, -0.25) is 4.79 Å². The van der Waals surface area contributed by atoms with Crippen LogP contribution in [0.25, 0.3) is 0 Å². The van der Waals surface area contributed by atoms with Crippen molar-refractivity contribution < 1.29 is 14.3 Å². The summed E-state index contributed by atoms with van der Waals surface area (Å²) in [6, 6.07) is 15.7. The average Bonchev–Trinajstić information content (AvgIpc) is 3.23. The number of hydrogen-bond acceptors (Lipinski definition) is 5. The van der Waals surface area contributed by atoms with Crippen LogP contribution in [-0.4, -0.2) is 56.9 Å². The fourth-order valence-electron chi connectivity index (χ4n) is 3.40. The molecule has 2 heterocycles. The van der Waals surface area contributed by atoms with E-state index in [0.717, 1.165) is 11.3 Å². The Bertz CT molecular complexity index is 953. The minimum absolute atomic E-state index is 0.125. The van der Waals surface area contributed by atoms with Gasteiger partial charge in [0.1, 0.15) is 12.1 Å². The topological polar surface area (TPSA) is 74.5 Å². The first-order valence-electron chi connectivity index (χ1n) is 9.52. The maximum Gasteiger partial charge on any atom is 0.293 e. The number of nitrogens with zero attached hydrogens (tertiary/aromatic N) is 5. The Labute approximate surface area is 168 Å². The fourth-order valence-corrected chi connectivity index (χ4v) is 3.40. The van der Waals surface area contributed by atoms with Gasteiger partial charge in [-0.25, -0.2) is 14.1 Å². The second kappa shape index (κ2) is 8.40. The number of halogens is 1. The Morgan fingerprint density at radius 3 is 2.41 bits per heavy atom. The molecule has 1 fully saturated rings. The summed E-state index contributed by atoms with van der Waals surface area (Å²) in [5.41, 5.74) is 1.73. The lowest BCUT2D eigenvalue weighted by atomic mass is 10.1. The van der Waals surface area contributed by atoms with E-state index in [-0.39, 0.29) is 24.1 Å². The highest BCUT2D eigenvalue weighted by Crippen LogP contribution is 2.18. The van der Waals surface area contributed by atoms with Crippen molar-refractivity contribution in [3.63, 3.8) is 0 Å². The molecular weight excluding hydrogens is 373 g/mol. The highest BCUT2D eigenvalue weighted by atomic mass is 19.1. The normalized spacial score (nSPS) is 15.4. The largest absolute Gasteiger partial charge is 0.386 e. The zero-order valence-corrected chi connectivity index (χ0v) is 15.9. The molecule has 1 atom stereocenters. The van der Waals surface area contributed by atoms with Gasteiger partial charge in [0.2, 0.25) is 5.82 Å². The highest BCUT2D eigenvalue weighted by Gasteiger charge is 2.25. The number of aliphatic hydroxyl groups is 1. The predicted molar refractivity (Wildman–Crippen MR) is 106 cm³/mol. The van der Waals surface area contributed by atoms with Gasteiger partial charge >= 0.3 is 0 Å². The summed E-state index contributed by atoms with van der Waals surface area (Å²) >= 11 is 0. The monoisotopic (exact) mass is 395 g/mol. The van der Waals surface area contributed by atoms with Crippen LogP contribution in [0.4, 0.5) is 10.1 Å². The van der Waals surface area contributed by atoms with E-state index >= 15 is 0 Å². The van der Waals surface area contributed by atoms with E-state index < -0.39 is 6.10 Å². The summed E-state index contributed by atoms with van der Waals surface area (Å²) in [4.78, 5) is 20.7. The first-order valence-corrected chi connectivity index (χ1v) is 9.52. The molecule has 1 amide bonds.